The Hall–Kier alpha value is -0.370. The Morgan fingerprint density at radius 1 is 1.47 bits per heavy atom. The van der Waals surface area contributed by atoms with Crippen LogP contribution in [0.2, 0.25) is 0 Å². The Morgan fingerprint density at radius 3 is 2.74 bits per heavy atom. The number of sulfonamides is 1. The molecule has 1 heterocycles. The van der Waals surface area contributed by atoms with Gasteiger partial charge in [-0.05, 0) is 19.3 Å². The van der Waals surface area contributed by atoms with Gasteiger partial charge in [0.1, 0.15) is 6.04 Å². The van der Waals surface area contributed by atoms with Crippen LogP contribution in [0.15, 0.2) is 0 Å². The summed E-state index contributed by atoms with van der Waals surface area (Å²) in [4.78, 5) is 11.9. The van der Waals surface area contributed by atoms with Crippen LogP contribution in [0, 0.1) is 0 Å². The molecular weight excluding hydrogens is 290 g/mol. The molecule has 6 nitrogen and oxygen atoms in total. The lowest BCUT2D eigenvalue weighted by Gasteiger charge is -2.23. The van der Waals surface area contributed by atoms with Crippen molar-refractivity contribution in [2.75, 3.05) is 25.4 Å². The molecule has 1 unspecified atom stereocenters. The van der Waals surface area contributed by atoms with Gasteiger partial charge in [0.25, 0.3) is 0 Å². The molecule has 1 atom stereocenters. The van der Waals surface area contributed by atoms with Gasteiger partial charge in [-0.25, -0.2) is 8.42 Å². The Bertz CT molecular complexity index is 375. The van der Waals surface area contributed by atoms with E-state index < -0.39 is 16.1 Å². The molecule has 1 fully saturated rings. The highest BCUT2D eigenvalue weighted by Crippen LogP contribution is 2.22. The molecular formula is C11H24ClN3O3S. The number of rotatable bonds is 7. The van der Waals surface area contributed by atoms with Crippen LogP contribution in [0.1, 0.15) is 32.6 Å². The maximum atomic E-state index is 12.1. The summed E-state index contributed by atoms with van der Waals surface area (Å²) in [7, 11) is -3.30. The van der Waals surface area contributed by atoms with Crippen molar-refractivity contribution >= 4 is 28.3 Å². The summed E-state index contributed by atoms with van der Waals surface area (Å²) in [5.41, 5.74) is 5.32. The molecule has 0 aromatic heterocycles. The number of nitrogens with two attached hydrogens (primary N) is 1. The number of carbonyl (C=O) groups is 1. The second-order valence-electron chi connectivity index (χ2n) is 4.52. The van der Waals surface area contributed by atoms with E-state index in [2.05, 4.69) is 5.32 Å². The highest BCUT2D eigenvalue weighted by molar-refractivity contribution is 7.89. The molecule has 1 rings (SSSR count). The molecule has 3 N–H and O–H groups in total. The van der Waals surface area contributed by atoms with Crippen molar-refractivity contribution in [3.05, 3.63) is 0 Å². The van der Waals surface area contributed by atoms with Crippen LogP contribution in [0.25, 0.3) is 0 Å². The van der Waals surface area contributed by atoms with Gasteiger partial charge in [0.05, 0.1) is 5.75 Å². The SMILES string of the molecule is CCCCS(=O)(=O)N1CCCC1C(=O)NCCN.Cl. The van der Waals surface area contributed by atoms with Crippen LogP contribution in [0.3, 0.4) is 0 Å². The molecule has 1 saturated heterocycles. The lowest BCUT2D eigenvalue weighted by atomic mass is 10.2. The van der Waals surface area contributed by atoms with Crippen LogP contribution in [0.4, 0.5) is 0 Å². The Morgan fingerprint density at radius 2 is 2.16 bits per heavy atom. The number of nitrogens with one attached hydrogen (secondary N) is 1. The van der Waals surface area contributed by atoms with Crippen molar-refractivity contribution in [2.24, 2.45) is 5.73 Å². The van der Waals surface area contributed by atoms with E-state index in [1.807, 2.05) is 6.92 Å². The zero-order valence-corrected chi connectivity index (χ0v) is 12.9. The van der Waals surface area contributed by atoms with Crippen molar-refractivity contribution in [1.29, 1.82) is 0 Å². The minimum absolute atomic E-state index is 0. The van der Waals surface area contributed by atoms with E-state index in [1.165, 1.54) is 4.31 Å². The lowest BCUT2D eigenvalue weighted by molar-refractivity contribution is -0.124. The van der Waals surface area contributed by atoms with Gasteiger partial charge in [-0.3, -0.25) is 4.79 Å². The first kappa shape index (κ1) is 18.6. The second kappa shape index (κ2) is 8.73. The average Bonchev–Trinajstić information content (AvgIpc) is 2.83. The summed E-state index contributed by atoms with van der Waals surface area (Å²) in [6.45, 7) is 3.15. The molecule has 1 aliphatic rings. The molecule has 0 aliphatic carbocycles. The lowest BCUT2D eigenvalue weighted by Crippen LogP contribution is -2.47. The Kier molecular flexibility index (Phi) is 8.56. The van der Waals surface area contributed by atoms with E-state index in [-0.39, 0.29) is 24.1 Å². The van der Waals surface area contributed by atoms with E-state index in [0.717, 1.165) is 12.8 Å². The zero-order chi connectivity index (χ0) is 13.6. The number of hydrogen-bond acceptors (Lipinski definition) is 4. The molecule has 0 saturated carbocycles. The van der Waals surface area contributed by atoms with E-state index >= 15 is 0 Å². The minimum atomic E-state index is -3.30. The van der Waals surface area contributed by atoms with Crippen molar-refractivity contribution in [3.8, 4) is 0 Å². The van der Waals surface area contributed by atoms with E-state index in [9.17, 15) is 13.2 Å². The minimum Gasteiger partial charge on any atom is -0.353 e. The van der Waals surface area contributed by atoms with Crippen LogP contribution < -0.4 is 11.1 Å². The number of hydrogen-bond donors (Lipinski definition) is 2. The van der Waals surface area contributed by atoms with Crippen molar-refractivity contribution in [1.82, 2.24) is 9.62 Å². The fourth-order valence-electron chi connectivity index (χ4n) is 2.09. The van der Waals surface area contributed by atoms with Crippen LogP contribution >= 0.6 is 12.4 Å². The summed E-state index contributed by atoms with van der Waals surface area (Å²) >= 11 is 0. The van der Waals surface area contributed by atoms with Gasteiger partial charge in [-0.15, -0.1) is 12.4 Å². The molecule has 19 heavy (non-hydrogen) atoms. The fourth-order valence-corrected chi connectivity index (χ4v) is 3.98. The van der Waals surface area contributed by atoms with Gasteiger partial charge in [0, 0.05) is 19.6 Å². The third-order valence-electron chi connectivity index (χ3n) is 3.06. The molecule has 8 heteroatoms. The maximum Gasteiger partial charge on any atom is 0.238 e. The van der Waals surface area contributed by atoms with Gasteiger partial charge in [0.2, 0.25) is 15.9 Å². The van der Waals surface area contributed by atoms with Crippen molar-refractivity contribution in [3.63, 3.8) is 0 Å². The number of halogens is 1. The van der Waals surface area contributed by atoms with Crippen molar-refractivity contribution in [2.45, 2.75) is 38.6 Å². The number of nitrogens with zero attached hydrogens (tertiary/aromatic N) is 1. The first-order valence-electron chi connectivity index (χ1n) is 6.50. The summed E-state index contributed by atoms with van der Waals surface area (Å²) in [5.74, 6) is -0.0949. The molecule has 1 amide bonds. The third kappa shape index (κ3) is 5.25. The standard InChI is InChI=1S/C11H23N3O3S.ClH/c1-2-3-9-18(16,17)14-8-4-5-10(14)11(15)13-7-6-12;/h10H,2-9,12H2,1H3,(H,13,15);1H. The Balaban J connectivity index is 0.00000324. The summed E-state index contributed by atoms with van der Waals surface area (Å²) in [6, 6.07) is -0.543. The zero-order valence-electron chi connectivity index (χ0n) is 11.3. The summed E-state index contributed by atoms with van der Waals surface area (Å²) < 4.78 is 25.6. The maximum absolute atomic E-state index is 12.1. The predicted molar refractivity (Wildman–Crippen MR) is 77.7 cm³/mol. The summed E-state index contributed by atoms with van der Waals surface area (Å²) in [5, 5.41) is 2.66. The largest absolute Gasteiger partial charge is 0.353 e. The van der Waals surface area contributed by atoms with Crippen molar-refractivity contribution < 1.29 is 13.2 Å². The molecule has 0 radical (unpaired) electrons. The molecule has 0 aromatic carbocycles. The highest BCUT2D eigenvalue weighted by Gasteiger charge is 2.37. The first-order valence-corrected chi connectivity index (χ1v) is 8.11. The first-order chi connectivity index (χ1) is 8.53. The number of unbranched alkanes of at least 4 members (excludes halogenated alkanes) is 1. The quantitative estimate of drug-likeness (QED) is 0.696. The van der Waals surface area contributed by atoms with E-state index in [1.54, 1.807) is 0 Å². The smallest absolute Gasteiger partial charge is 0.238 e. The normalized spacial score (nSPS) is 20.0. The van der Waals surface area contributed by atoms with Gasteiger partial charge >= 0.3 is 0 Å². The van der Waals surface area contributed by atoms with E-state index in [0.29, 0.717) is 32.5 Å². The Labute approximate surface area is 121 Å². The topological polar surface area (TPSA) is 92.5 Å². The predicted octanol–water partition coefficient (Wildman–Crippen LogP) is 0.0774. The number of carbonyl (C=O) groups excluding carboxylic acids is 1. The summed E-state index contributed by atoms with van der Waals surface area (Å²) in [6.07, 6.45) is 2.81. The molecule has 1 aliphatic heterocycles. The number of amides is 1. The van der Waals surface area contributed by atoms with Crippen LogP contribution in [0.5, 0.6) is 0 Å². The average molecular weight is 314 g/mol. The van der Waals surface area contributed by atoms with Gasteiger partial charge in [0.15, 0.2) is 0 Å². The highest BCUT2D eigenvalue weighted by atomic mass is 35.5. The van der Waals surface area contributed by atoms with Crippen LogP contribution in [-0.4, -0.2) is 50.1 Å². The van der Waals surface area contributed by atoms with Gasteiger partial charge in [-0.2, -0.15) is 4.31 Å². The van der Waals surface area contributed by atoms with Gasteiger partial charge < -0.3 is 11.1 Å². The molecule has 0 spiro atoms. The van der Waals surface area contributed by atoms with Crippen LogP contribution in [-0.2, 0) is 14.8 Å². The fraction of sp³-hybridized carbons (Fsp3) is 0.909. The molecule has 114 valence electrons. The monoisotopic (exact) mass is 313 g/mol. The third-order valence-corrected chi connectivity index (χ3v) is 5.02. The van der Waals surface area contributed by atoms with Gasteiger partial charge in [-0.1, -0.05) is 13.3 Å². The van der Waals surface area contributed by atoms with E-state index in [4.69, 9.17) is 5.73 Å². The molecule has 0 aromatic rings. The molecule has 0 bridgehead atoms. The second-order valence-corrected chi connectivity index (χ2v) is 6.56.